The van der Waals surface area contributed by atoms with Gasteiger partial charge in [-0.2, -0.15) is 0 Å². The Morgan fingerprint density at radius 3 is 2.71 bits per heavy atom. The summed E-state index contributed by atoms with van der Waals surface area (Å²) in [6, 6.07) is 19.4. The highest BCUT2D eigenvalue weighted by Crippen LogP contribution is 2.32. The third kappa shape index (κ3) is 5.04. The van der Waals surface area contributed by atoms with Crippen molar-refractivity contribution < 1.29 is 19.4 Å². The first kappa shape index (κ1) is 22.7. The molecule has 1 fully saturated rings. The minimum absolute atomic E-state index is 0.0821. The van der Waals surface area contributed by atoms with Gasteiger partial charge in [-0.05, 0) is 66.3 Å². The first-order valence-electron chi connectivity index (χ1n) is 11.8. The first-order valence-corrected chi connectivity index (χ1v) is 11.8. The fourth-order valence-electron chi connectivity index (χ4n) is 4.25. The van der Waals surface area contributed by atoms with Gasteiger partial charge in [-0.15, -0.1) is 0 Å². The molecule has 0 amide bonds. The minimum atomic E-state index is -0.999. The molecule has 1 aliphatic carbocycles. The maximum Gasteiger partial charge on any atom is 0.339 e. The predicted octanol–water partition coefficient (Wildman–Crippen LogP) is 5.59. The molecule has 5 rings (SSSR count). The number of aromatic carboxylic acids is 1. The maximum atomic E-state index is 11.6. The lowest BCUT2D eigenvalue weighted by Crippen LogP contribution is -2.25. The Labute approximate surface area is 203 Å². The Balaban J connectivity index is 1.32. The van der Waals surface area contributed by atoms with E-state index in [-0.39, 0.29) is 11.7 Å². The lowest BCUT2D eigenvalue weighted by molar-refractivity contribution is 0.0680. The molecule has 0 bridgehead atoms. The van der Waals surface area contributed by atoms with Crippen LogP contribution in [0.5, 0.6) is 11.5 Å². The second-order valence-electron chi connectivity index (χ2n) is 8.66. The van der Waals surface area contributed by atoms with Gasteiger partial charge in [0.05, 0.1) is 18.9 Å². The Bertz CT molecular complexity index is 1370. The molecule has 1 saturated carbocycles. The van der Waals surface area contributed by atoms with Crippen molar-refractivity contribution in [3.63, 3.8) is 0 Å². The van der Waals surface area contributed by atoms with Crippen molar-refractivity contribution in [3.05, 3.63) is 78.1 Å². The van der Waals surface area contributed by atoms with Crippen molar-refractivity contribution in [3.8, 4) is 22.8 Å². The fraction of sp³-hybridized carbons (Fsp3) is 0.250. The molecule has 7 nitrogen and oxygen atoms in total. The summed E-state index contributed by atoms with van der Waals surface area (Å²) in [6.07, 6.45) is 5.40. The number of ether oxygens (including phenoxy) is 2. The van der Waals surface area contributed by atoms with Crippen molar-refractivity contribution in [1.82, 2.24) is 9.97 Å². The summed E-state index contributed by atoms with van der Waals surface area (Å²) in [5.74, 6) is 0.928. The van der Waals surface area contributed by atoms with E-state index in [1.54, 1.807) is 25.3 Å². The number of methoxy groups -OCH3 is 1. The van der Waals surface area contributed by atoms with Crippen molar-refractivity contribution in [1.29, 1.82) is 0 Å². The molecule has 4 aromatic rings. The zero-order valence-corrected chi connectivity index (χ0v) is 19.5. The minimum Gasteiger partial charge on any atom is -0.497 e. The summed E-state index contributed by atoms with van der Waals surface area (Å²) in [6.45, 7) is 0.682. The monoisotopic (exact) mass is 469 g/mol. The molecule has 1 aromatic heterocycles. The number of nitrogens with one attached hydrogen (secondary N) is 1. The average Bonchev–Trinajstić information content (AvgIpc) is 2.86. The highest BCUT2D eigenvalue weighted by molar-refractivity contribution is 5.92. The number of nitrogens with zero attached hydrogens (tertiary/aromatic N) is 2. The predicted molar refractivity (Wildman–Crippen MR) is 135 cm³/mol. The smallest absolute Gasteiger partial charge is 0.339 e. The van der Waals surface area contributed by atoms with Gasteiger partial charge in [-0.3, -0.25) is 0 Å². The van der Waals surface area contributed by atoms with E-state index in [1.165, 1.54) is 17.3 Å². The number of carboxylic acid groups (broad SMARTS) is 1. The van der Waals surface area contributed by atoms with E-state index >= 15 is 0 Å². The molecule has 3 aromatic carbocycles. The molecular weight excluding hydrogens is 442 g/mol. The molecule has 0 unspecified atom stereocenters. The van der Waals surface area contributed by atoms with Gasteiger partial charge in [-0.25, -0.2) is 14.8 Å². The van der Waals surface area contributed by atoms with Crippen LogP contribution in [0.15, 0.2) is 67.0 Å². The van der Waals surface area contributed by atoms with E-state index in [2.05, 4.69) is 33.5 Å². The molecule has 0 radical (unpaired) electrons. The van der Waals surface area contributed by atoms with E-state index < -0.39 is 5.97 Å². The number of carbonyl (C=O) groups is 1. The summed E-state index contributed by atoms with van der Waals surface area (Å²) in [5, 5.41) is 15.3. The molecule has 2 N–H and O–H groups in total. The van der Waals surface area contributed by atoms with Crippen LogP contribution in [0.2, 0.25) is 0 Å². The van der Waals surface area contributed by atoms with Crippen LogP contribution in [-0.4, -0.2) is 40.8 Å². The standard InChI is InChI=1S/C28H27N3O4/c1-34-22-13-18-5-2-3-8-23(18)19(14-22)11-12-29-27-16-25(30-17-31-27)20-9-10-24(28(32)33)26(15-20)35-21-6-4-7-21/h2-3,5,8-10,13-17,21H,4,6-7,11-12H2,1H3,(H,32,33)(H,29,30,31). The fourth-order valence-corrected chi connectivity index (χ4v) is 4.25. The lowest BCUT2D eigenvalue weighted by Gasteiger charge is -2.27. The van der Waals surface area contributed by atoms with Gasteiger partial charge in [0.25, 0.3) is 0 Å². The molecule has 7 heteroatoms. The number of benzene rings is 3. The van der Waals surface area contributed by atoms with Crippen molar-refractivity contribution >= 4 is 22.6 Å². The van der Waals surface area contributed by atoms with Crippen molar-refractivity contribution in [2.45, 2.75) is 31.8 Å². The molecule has 1 heterocycles. The van der Waals surface area contributed by atoms with Crippen LogP contribution in [0.25, 0.3) is 22.0 Å². The van der Waals surface area contributed by atoms with Gasteiger partial charge in [0.1, 0.15) is 29.2 Å². The molecule has 0 atom stereocenters. The Morgan fingerprint density at radius 2 is 1.94 bits per heavy atom. The molecule has 0 aliphatic heterocycles. The molecule has 1 aliphatic rings. The summed E-state index contributed by atoms with van der Waals surface area (Å²) in [5.41, 5.74) is 2.85. The highest BCUT2D eigenvalue weighted by atomic mass is 16.5. The van der Waals surface area contributed by atoms with E-state index in [4.69, 9.17) is 9.47 Å². The van der Waals surface area contributed by atoms with E-state index in [0.29, 0.717) is 23.8 Å². The van der Waals surface area contributed by atoms with Gasteiger partial charge in [0.2, 0.25) is 0 Å². The van der Waals surface area contributed by atoms with Crippen LogP contribution in [-0.2, 0) is 6.42 Å². The second-order valence-corrected chi connectivity index (χ2v) is 8.66. The number of fused-ring (bicyclic) bond motifs is 1. The summed E-state index contributed by atoms with van der Waals surface area (Å²) in [7, 11) is 1.68. The van der Waals surface area contributed by atoms with Gasteiger partial charge < -0.3 is 19.9 Å². The highest BCUT2D eigenvalue weighted by Gasteiger charge is 2.22. The number of carboxylic acids is 1. The maximum absolute atomic E-state index is 11.6. The lowest BCUT2D eigenvalue weighted by atomic mass is 9.96. The second kappa shape index (κ2) is 10.0. The molecule has 0 saturated heterocycles. The Kier molecular flexibility index (Phi) is 6.48. The van der Waals surface area contributed by atoms with E-state index in [1.807, 2.05) is 24.3 Å². The number of hydrogen-bond donors (Lipinski definition) is 2. The first-order chi connectivity index (χ1) is 17.1. The summed E-state index contributed by atoms with van der Waals surface area (Å²) in [4.78, 5) is 20.4. The third-order valence-electron chi connectivity index (χ3n) is 6.38. The van der Waals surface area contributed by atoms with Crippen LogP contribution in [0.1, 0.15) is 35.2 Å². The number of rotatable bonds is 9. The quantitative estimate of drug-likeness (QED) is 0.330. The average molecular weight is 470 g/mol. The van der Waals surface area contributed by atoms with Crippen LogP contribution >= 0.6 is 0 Å². The Hall–Kier alpha value is -4.13. The van der Waals surface area contributed by atoms with E-state index in [0.717, 1.165) is 42.4 Å². The zero-order chi connectivity index (χ0) is 24.2. The van der Waals surface area contributed by atoms with Crippen LogP contribution in [0.3, 0.4) is 0 Å². The molecule has 0 spiro atoms. The van der Waals surface area contributed by atoms with E-state index in [9.17, 15) is 9.90 Å². The van der Waals surface area contributed by atoms with Gasteiger partial charge in [0, 0.05) is 18.2 Å². The van der Waals surface area contributed by atoms with Crippen LogP contribution in [0.4, 0.5) is 5.82 Å². The van der Waals surface area contributed by atoms with Crippen LogP contribution in [0, 0.1) is 0 Å². The van der Waals surface area contributed by atoms with Gasteiger partial charge >= 0.3 is 5.97 Å². The van der Waals surface area contributed by atoms with Crippen molar-refractivity contribution in [2.24, 2.45) is 0 Å². The molecular formula is C28H27N3O4. The SMILES string of the molecule is COc1cc(CCNc2cc(-c3ccc(C(=O)O)c(OC4CCC4)c3)ncn2)c2ccccc2c1. The topological polar surface area (TPSA) is 93.6 Å². The normalized spacial score (nSPS) is 13.3. The molecule has 178 valence electrons. The Morgan fingerprint density at radius 1 is 1.09 bits per heavy atom. The number of hydrogen-bond acceptors (Lipinski definition) is 6. The number of aromatic nitrogens is 2. The summed E-state index contributed by atoms with van der Waals surface area (Å²) >= 11 is 0. The van der Waals surface area contributed by atoms with Gasteiger partial charge in [0.15, 0.2) is 0 Å². The third-order valence-corrected chi connectivity index (χ3v) is 6.38. The largest absolute Gasteiger partial charge is 0.497 e. The van der Waals surface area contributed by atoms with Crippen molar-refractivity contribution in [2.75, 3.05) is 19.0 Å². The molecule has 35 heavy (non-hydrogen) atoms. The zero-order valence-electron chi connectivity index (χ0n) is 19.5. The van der Waals surface area contributed by atoms with Gasteiger partial charge in [-0.1, -0.05) is 30.3 Å². The van der Waals surface area contributed by atoms with Crippen LogP contribution < -0.4 is 14.8 Å². The summed E-state index contributed by atoms with van der Waals surface area (Å²) < 4.78 is 11.4. The number of anilines is 1.